The summed E-state index contributed by atoms with van der Waals surface area (Å²) < 4.78 is 11.1. The van der Waals surface area contributed by atoms with Crippen LogP contribution in [-0.2, 0) is 9.59 Å². The maximum absolute atomic E-state index is 11.8. The molecule has 0 aliphatic rings. The van der Waals surface area contributed by atoms with Crippen LogP contribution >= 0.6 is 0 Å². The van der Waals surface area contributed by atoms with E-state index in [2.05, 4.69) is 10.6 Å². The Bertz CT molecular complexity index is 597. The van der Waals surface area contributed by atoms with E-state index >= 15 is 0 Å². The Labute approximate surface area is 149 Å². The lowest BCUT2D eigenvalue weighted by Gasteiger charge is -2.11. The van der Waals surface area contributed by atoms with Crippen molar-refractivity contribution >= 4 is 17.9 Å². The Hall–Kier alpha value is -2.50. The Morgan fingerprint density at radius 2 is 1.68 bits per heavy atom. The molecular weight excluding hydrogens is 320 g/mol. The summed E-state index contributed by atoms with van der Waals surface area (Å²) in [6.07, 6.45) is 3.16. The van der Waals surface area contributed by atoms with E-state index in [4.69, 9.17) is 9.47 Å². The number of benzene rings is 1. The Morgan fingerprint density at radius 3 is 2.32 bits per heavy atom. The van der Waals surface area contributed by atoms with Gasteiger partial charge in [-0.1, -0.05) is 19.9 Å². The lowest BCUT2D eigenvalue weighted by Crippen LogP contribution is -2.35. The standard InChI is InChI=1S/C19H28N2O4/c1-5-24-16-9-7-15(13-17(16)25-6-2)8-10-18(22)20-11-12-21-19(23)14(3)4/h7-10,13-14H,5-6,11-12H2,1-4H3,(H,20,22)(H,21,23)/b10-8+. The molecule has 0 unspecified atom stereocenters. The van der Waals surface area contributed by atoms with Crippen molar-refractivity contribution < 1.29 is 19.1 Å². The first-order valence-corrected chi connectivity index (χ1v) is 8.61. The average Bonchev–Trinajstić information content (AvgIpc) is 2.59. The molecule has 1 rings (SSSR count). The SMILES string of the molecule is CCOc1ccc(/C=C/C(=O)NCCNC(=O)C(C)C)cc1OCC. The van der Waals surface area contributed by atoms with E-state index in [1.54, 1.807) is 6.08 Å². The fourth-order valence-electron chi connectivity index (χ4n) is 1.98. The van der Waals surface area contributed by atoms with Gasteiger partial charge in [-0.3, -0.25) is 9.59 Å². The van der Waals surface area contributed by atoms with Crippen LogP contribution in [0.3, 0.4) is 0 Å². The summed E-state index contributed by atoms with van der Waals surface area (Å²) in [6.45, 7) is 9.36. The van der Waals surface area contributed by atoms with Crippen molar-refractivity contribution in [3.63, 3.8) is 0 Å². The molecule has 0 aliphatic heterocycles. The largest absolute Gasteiger partial charge is 0.490 e. The van der Waals surface area contributed by atoms with Crippen molar-refractivity contribution in [3.8, 4) is 11.5 Å². The van der Waals surface area contributed by atoms with Crippen molar-refractivity contribution in [1.29, 1.82) is 0 Å². The van der Waals surface area contributed by atoms with Crippen LogP contribution in [-0.4, -0.2) is 38.1 Å². The third kappa shape index (κ3) is 7.74. The van der Waals surface area contributed by atoms with E-state index in [0.717, 1.165) is 5.56 Å². The molecule has 0 saturated carbocycles. The Morgan fingerprint density at radius 1 is 1.04 bits per heavy atom. The van der Waals surface area contributed by atoms with Crippen molar-refractivity contribution in [2.45, 2.75) is 27.7 Å². The Balaban J connectivity index is 2.52. The van der Waals surface area contributed by atoms with Crippen LogP contribution in [0.15, 0.2) is 24.3 Å². The van der Waals surface area contributed by atoms with Crippen molar-refractivity contribution in [1.82, 2.24) is 10.6 Å². The first-order valence-electron chi connectivity index (χ1n) is 8.61. The van der Waals surface area contributed by atoms with Gasteiger partial charge in [0, 0.05) is 25.1 Å². The van der Waals surface area contributed by atoms with Gasteiger partial charge in [0.05, 0.1) is 13.2 Å². The van der Waals surface area contributed by atoms with Gasteiger partial charge < -0.3 is 20.1 Å². The highest BCUT2D eigenvalue weighted by molar-refractivity contribution is 5.91. The monoisotopic (exact) mass is 348 g/mol. The zero-order valence-electron chi connectivity index (χ0n) is 15.4. The van der Waals surface area contributed by atoms with Gasteiger partial charge in [0.2, 0.25) is 11.8 Å². The van der Waals surface area contributed by atoms with Crippen molar-refractivity contribution in [2.24, 2.45) is 5.92 Å². The normalized spacial score (nSPS) is 10.8. The maximum Gasteiger partial charge on any atom is 0.244 e. The lowest BCUT2D eigenvalue weighted by atomic mass is 10.2. The van der Waals surface area contributed by atoms with Crippen LogP contribution in [0.1, 0.15) is 33.3 Å². The van der Waals surface area contributed by atoms with Crippen molar-refractivity contribution in [2.75, 3.05) is 26.3 Å². The minimum absolute atomic E-state index is 0.0253. The van der Waals surface area contributed by atoms with Gasteiger partial charge >= 0.3 is 0 Å². The molecule has 0 fully saturated rings. The zero-order chi connectivity index (χ0) is 18.7. The molecule has 0 bridgehead atoms. The van der Waals surface area contributed by atoms with Crippen molar-refractivity contribution in [3.05, 3.63) is 29.8 Å². The van der Waals surface area contributed by atoms with Crippen LogP contribution in [0.5, 0.6) is 11.5 Å². The predicted molar refractivity (Wildman–Crippen MR) is 98.7 cm³/mol. The van der Waals surface area contributed by atoms with Crippen LogP contribution in [0.25, 0.3) is 6.08 Å². The molecule has 0 aliphatic carbocycles. The summed E-state index contributed by atoms with van der Waals surface area (Å²) in [4.78, 5) is 23.2. The summed E-state index contributed by atoms with van der Waals surface area (Å²) >= 11 is 0. The van der Waals surface area contributed by atoms with E-state index in [9.17, 15) is 9.59 Å². The quantitative estimate of drug-likeness (QED) is 0.503. The van der Waals surface area contributed by atoms with Gasteiger partial charge in [-0.25, -0.2) is 0 Å². The molecular formula is C19H28N2O4. The predicted octanol–water partition coefficient (Wildman–Crippen LogP) is 2.39. The minimum atomic E-state index is -0.217. The molecule has 0 heterocycles. The van der Waals surface area contributed by atoms with E-state index in [1.807, 2.05) is 45.9 Å². The molecule has 138 valence electrons. The summed E-state index contributed by atoms with van der Waals surface area (Å²) in [5.74, 6) is 1.04. The second-order valence-electron chi connectivity index (χ2n) is 5.64. The maximum atomic E-state index is 11.8. The number of hydrogen-bond acceptors (Lipinski definition) is 4. The summed E-state index contributed by atoms with van der Waals surface area (Å²) in [5.41, 5.74) is 0.843. The molecule has 25 heavy (non-hydrogen) atoms. The summed E-state index contributed by atoms with van der Waals surface area (Å²) in [7, 11) is 0. The first-order chi connectivity index (χ1) is 12.0. The van der Waals surface area contributed by atoms with Gasteiger partial charge in [0.1, 0.15) is 0 Å². The van der Waals surface area contributed by atoms with Gasteiger partial charge in [-0.05, 0) is 37.6 Å². The zero-order valence-corrected chi connectivity index (χ0v) is 15.4. The van der Waals surface area contributed by atoms with Crippen LogP contribution in [0.2, 0.25) is 0 Å². The highest BCUT2D eigenvalue weighted by Crippen LogP contribution is 2.28. The molecule has 1 aromatic rings. The molecule has 0 spiro atoms. The Kier molecular flexibility index (Phi) is 9.14. The van der Waals surface area contributed by atoms with E-state index in [1.165, 1.54) is 6.08 Å². The van der Waals surface area contributed by atoms with Crippen LogP contribution in [0.4, 0.5) is 0 Å². The third-order valence-electron chi connectivity index (χ3n) is 3.24. The number of carbonyl (C=O) groups excluding carboxylic acids is 2. The highest BCUT2D eigenvalue weighted by atomic mass is 16.5. The molecule has 1 aromatic carbocycles. The van der Waals surface area contributed by atoms with E-state index in [-0.39, 0.29) is 17.7 Å². The summed E-state index contributed by atoms with van der Waals surface area (Å²) in [6, 6.07) is 5.52. The number of ether oxygens (including phenoxy) is 2. The van der Waals surface area contributed by atoms with Gasteiger partial charge in [0.15, 0.2) is 11.5 Å². The number of rotatable bonds is 10. The molecule has 0 radical (unpaired) electrons. The average molecular weight is 348 g/mol. The third-order valence-corrected chi connectivity index (χ3v) is 3.24. The number of carbonyl (C=O) groups is 2. The molecule has 0 atom stereocenters. The highest BCUT2D eigenvalue weighted by Gasteiger charge is 2.06. The van der Waals surface area contributed by atoms with E-state index in [0.29, 0.717) is 37.8 Å². The topological polar surface area (TPSA) is 76.7 Å². The fraction of sp³-hybridized carbons (Fsp3) is 0.474. The first kappa shape index (κ1) is 20.5. The molecule has 6 heteroatoms. The smallest absolute Gasteiger partial charge is 0.244 e. The number of amides is 2. The molecule has 0 aromatic heterocycles. The van der Waals surface area contributed by atoms with Crippen LogP contribution < -0.4 is 20.1 Å². The molecule has 0 saturated heterocycles. The summed E-state index contributed by atoms with van der Waals surface area (Å²) in [5, 5.41) is 5.46. The molecule has 2 amide bonds. The van der Waals surface area contributed by atoms with Gasteiger partial charge in [-0.2, -0.15) is 0 Å². The van der Waals surface area contributed by atoms with E-state index < -0.39 is 0 Å². The fourth-order valence-corrected chi connectivity index (χ4v) is 1.98. The van der Waals surface area contributed by atoms with Crippen LogP contribution in [0, 0.1) is 5.92 Å². The minimum Gasteiger partial charge on any atom is -0.490 e. The number of hydrogen-bond donors (Lipinski definition) is 2. The van der Waals surface area contributed by atoms with Gasteiger partial charge in [0.25, 0.3) is 0 Å². The molecule has 6 nitrogen and oxygen atoms in total. The molecule has 2 N–H and O–H groups in total. The number of nitrogens with one attached hydrogen (secondary N) is 2. The second kappa shape index (κ2) is 11.1. The second-order valence-corrected chi connectivity index (χ2v) is 5.64. The van der Waals surface area contributed by atoms with Gasteiger partial charge in [-0.15, -0.1) is 0 Å². The lowest BCUT2D eigenvalue weighted by molar-refractivity contribution is -0.124.